The molecule has 0 fully saturated rings. The fourth-order valence-electron chi connectivity index (χ4n) is 4.98. The Morgan fingerprint density at radius 3 is 2.22 bits per heavy atom. The Hall–Kier alpha value is -1.83. The van der Waals surface area contributed by atoms with Crippen LogP contribution in [0.1, 0.15) is 42.0 Å². The summed E-state index contributed by atoms with van der Waals surface area (Å²) in [5.41, 5.74) is 11.0. The molecule has 0 atom stereocenters. The van der Waals surface area contributed by atoms with Crippen LogP contribution in [-0.4, -0.2) is 9.52 Å². The Morgan fingerprint density at radius 2 is 1.51 bits per heavy atom. The molecular formula is C33H30Cl2SiZr. The summed E-state index contributed by atoms with van der Waals surface area (Å²) in [4.78, 5) is 0. The van der Waals surface area contributed by atoms with Crippen LogP contribution in [0.2, 0.25) is 0 Å². The van der Waals surface area contributed by atoms with Crippen molar-refractivity contribution < 1.29 is 20.8 Å². The van der Waals surface area contributed by atoms with E-state index >= 15 is 0 Å². The van der Waals surface area contributed by atoms with Gasteiger partial charge in [-0.25, -0.2) is 0 Å². The fraction of sp³-hybridized carbons (Fsp3) is 0.182. The van der Waals surface area contributed by atoms with Crippen LogP contribution in [0.15, 0.2) is 84.9 Å². The van der Waals surface area contributed by atoms with Gasteiger partial charge in [-0.1, -0.05) is 89.3 Å². The van der Waals surface area contributed by atoms with Crippen molar-refractivity contribution in [3.8, 4) is 22.3 Å². The van der Waals surface area contributed by atoms with Gasteiger partial charge in [0.2, 0.25) is 0 Å². The summed E-state index contributed by atoms with van der Waals surface area (Å²) in [5.74, 6) is 0.574. The largest absolute Gasteiger partial charge is 0.184 e. The summed E-state index contributed by atoms with van der Waals surface area (Å²) in [6, 6.07) is 34.2. The first kappa shape index (κ1) is 28.2. The summed E-state index contributed by atoms with van der Waals surface area (Å²) in [7, 11) is 10.7. The van der Waals surface area contributed by atoms with Gasteiger partial charge in [-0.3, -0.25) is 0 Å². The van der Waals surface area contributed by atoms with Crippen molar-refractivity contribution in [1.29, 1.82) is 0 Å². The Balaban J connectivity index is 0.000000170. The molecule has 0 spiro atoms. The monoisotopic (exact) mass is 614 g/mol. The molecule has 0 saturated carbocycles. The van der Waals surface area contributed by atoms with E-state index in [0.717, 1.165) is 9.52 Å². The van der Waals surface area contributed by atoms with E-state index in [4.69, 9.17) is 17.0 Å². The standard InChI is InChI=1S/C21H23.C12H7Si.2ClH.Zr/c1-13(2)18-11-17-7-6-16(5)21(20(17)12-18)19-9-14(3)8-15(4)10-19;1-3-7-11-9(5-1)10-6-2-4-8-12(10)13-11;;;/h6-13H,1-5H3;1-7H;2*1H;/q2*-1;;;+4/p-2. The molecule has 2 radical (unpaired) electrons. The molecular weight excluding hydrogens is 587 g/mol. The number of rotatable bonds is 2. The minimum atomic E-state index is -0.826. The molecule has 0 amide bonds. The van der Waals surface area contributed by atoms with E-state index in [0.29, 0.717) is 5.92 Å². The molecule has 1 aliphatic heterocycles. The molecule has 1 heterocycles. The SMILES string of the molecule is Cc1cc(C)cc(-c2c(C)ccc3[cH-]c(C(C)C)cc23)c1.[Cl][Zr+2][Cl].[c-]1cccc2c1[Si]c1ccccc1-2. The second-order valence-corrected chi connectivity index (χ2v) is 14.8. The van der Waals surface area contributed by atoms with E-state index in [1.807, 2.05) is 6.07 Å². The van der Waals surface area contributed by atoms with Crippen molar-refractivity contribution in [3.05, 3.63) is 113 Å². The first-order chi connectivity index (χ1) is 17.8. The Morgan fingerprint density at radius 1 is 0.838 bits per heavy atom. The van der Waals surface area contributed by atoms with Gasteiger partial charge in [-0.05, 0) is 32.3 Å². The van der Waals surface area contributed by atoms with E-state index in [9.17, 15) is 0 Å². The van der Waals surface area contributed by atoms with Gasteiger partial charge in [-0.2, -0.15) is 35.5 Å². The van der Waals surface area contributed by atoms with E-state index < -0.39 is 20.8 Å². The van der Waals surface area contributed by atoms with E-state index in [1.54, 1.807) is 0 Å². The molecule has 0 unspecified atom stereocenters. The van der Waals surface area contributed by atoms with Gasteiger partial charge in [0.1, 0.15) is 0 Å². The molecule has 0 saturated heterocycles. The van der Waals surface area contributed by atoms with Crippen LogP contribution in [0, 0.1) is 26.8 Å². The topological polar surface area (TPSA) is 0 Å². The molecule has 0 aromatic heterocycles. The van der Waals surface area contributed by atoms with Gasteiger partial charge in [0.15, 0.2) is 0 Å². The molecule has 4 heteroatoms. The zero-order chi connectivity index (χ0) is 26.5. The number of benzene rings is 4. The van der Waals surface area contributed by atoms with Gasteiger partial charge in [0.05, 0.1) is 9.52 Å². The molecule has 184 valence electrons. The fourth-order valence-corrected chi connectivity index (χ4v) is 6.29. The van der Waals surface area contributed by atoms with Crippen molar-refractivity contribution >= 4 is 47.7 Å². The maximum Gasteiger partial charge on any atom is 0.0920 e. The molecule has 5 aromatic carbocycles. The number of halogens is 2. The average Bonchev–Trinajstić information content (AvgIpc) is 3.46. The molecule has 6 rings (SSSR count). The quantitative estimate of drug-likeness (QED) is 0.135. The van der Waals surface area contributed by atoms with E-state index in [2.05, 4.69) is 120 Å². The maximum atomic E-state index is 4.93. The minimum Gasteiger partial charge on any atom is -0.184 e. The summed E-state index contributed by atoms with van der Waals surface area (Å²) in [6.45, 7) is 11.1. The van der Waals surface area contributed by atoms with Gasteiger partial charge in [-0.15, -0.1) is 40.1 Å². The van der Waals surface area contributed by atoms with Gasteiger partial charge in [0.25, 0.3) is 0 Å². The number of fused-ring (bicyclic) bond motifs is 4. The van der Waals surface area contributed by atoms with E-state index in [-0.39, 0.29) is 0 Å². The van der Waals surface area contributed by atoms with Crippen LogP contribution < -0.4 is 10.4 Å². The molecule has 0 aliphatic carbocycles. The van der Waals surface area contributed by atoms with Crippen molar-refractivity contribution in [2.24, 2.45) is 0 Å². The van der Waals surface area contributed by atoms with Crippen LogP contribution in [-0.2, 0) is 20.8 Å². The van der Waals surface area contributed by atoms with Crippen LogP contribution in [0.3, 0.4) is 0 Å². The van der Waals surface area contributed by atoms with Crippen LogP contribution >= 0.6 is 17.0 Å². The van der Waals surface area contributed by atoms with Crippen LogP contribution in [0.25, 0.3) is 33.0 Å². The Kier molecular flexibility index (Phi) is 9.76. The summed E-state index contributed by atoms with van der Waals surface area (Å²) < 4.78 is 0. The molecule has 5 aromatic rings. The number of hydrogen-bond donors (Lipinski definition) is 0. The van der Waals surface area contributed by atoms with Crippen LogP contribution in [0.5, 0.6) is 0 Å². The normalized spacial score (nSPS) is 11.1. The predicted molar refractivity (Wildman–Crippen MR) is 161 cm³/mol. The maximum absolute atomic E-state index is 4.93. The summed E-state index contributed by atoms with van der Waals surface area (Å²) in [6.07, 6.45) is 0. The summed E-state index contributed by atoms with van der Waals surface area (Å²) in [5, 5.41) is 5.57. The third-order valence-electron chi connectivity index (χ3n) is 6.63. The molecule has 37 heavy (non-hydrogen) atoms. The van der Waals surface area contributed by atoms with Gasteiger partial charge >= 0.3 is 37.9 Å². The van der Waals surface area contributed by atoms with Crippen LogP contribution in [0.4, 0.5) is 0 Å². The molecule has 0 bridgehead atoms. The number of hydrogen-bond acceptors (Lipinski definition) is 0. The zero-order valence-corrected chi connectivity index (χ0v) is 26.9. The molecule has 1 aliphatic rings. The average molecular weight is 617 g/mol. The summed E-state index contributed by atoms with van der Waals surface area (Å²) >= 11 is -0.826. The molecule has 0 nitrogen and oxygen atoms in total. The van der Waals surface area contributed by atoms with Gasteiger partial charge in [0, 0.05) is 0 Å². The van der Waals surface area contributed by atoms with Crippen molar-refractivity contribution in [3.63, 3.8) is 0 Å². The van der Waals surface area contributed by atoms with Gasteiger partial charge < -0.3 is 0 Å². The second kappa shape index (κ2) is 12.8. The first-order valence-electron chi connectivity index (χ1n) is 12.4. The first-order valence-corrected chi connectivity index (χ1v) is 19.8. The van der Waals surface area contributed by atoms with Crippen molar-refractivity contribution in [1.82, 2.24) is 0 Å². The Bertz CT molecular complexity index is 1450. The smallest absolute Gasteiger partial charge is 0.0920 e. The predicted octanol–water partition coefficient (Wildman–Crippen LogP) is 8.77. The van der Waals surface area contributed by atoms with E-state index in [1.165, 1.54) is 65.7 Å². The minimum absolute atomic E-state index is 0.574. The Labute approximate surface area is 242 Å². The second-order valence-electron chi connectivity index (χ2n) is 9.78. The third-order valence-corrected chi connectivity index (χ3v) is 8.00. The zero-order valence-electron chi connectivity index (χ0n) is 21.9. The molecule has 0 N–H and O–H groups in total. The van der Waals surface area contributed by atoms with Crippen molar-refractivity contribution in [2.45, 2.75) is 40.5 Å². The third kappa shape index (κ3) is 6.61. The van der Waals surface area contributed by atoms with Crippen molar-refractivity contribution in [2.75, 3.05) is 0 Å². The number of aryl methyl sites for hydroxylation is 3.